The summed E-state index contributed by atoms with van der Waals surface area (Å²) in [6.07, 6.45) is 0. The Morgan fingerprint density at radius 3 is 3.30 bits per heavy atom. The molecule has 0 unspecified atom stereocenters. The number of ether oxygens (including phenoxy) is 1. The molecular weight excluding hydrogens is 132 g/mol. The number of nitrogens with zero attached hydrogens (tertiary/aromatic N) is 1. The van der Waals surface area contributed by atoms with Crippen LogP contribution in [0.3, 0.4) is 0 Å². The Kier molecular flexibility index (Phi) is 1.06. The van der Waals surface area contributed by atoms with Gasteiger partial charge in [-0.3, -0.25) is 0 Å². The average Bonchev–Trinajstić information content (AvgIpc) is 2.27. The van der Waals surface area contributed by atoms with Gasteiger partial charge in [0.1, 0.15) is 6.61 Å². The van der Waals surface area contributed by atoms with Crippen LogP contribution in [0.25, 0.3) is 0 Å². The van der Waals surface area contributed by atoms with Gasteiger partial charge in [-0.2, -0.15) is 4.98 Å². The number of aryl methyl sites for hydroxylation is 1. The molecule has 4 nitrogen and oxygen atoms in total. The lowest BCUT2D eigenvalue weighted by atomic mass is 10.5. The van der Waals surface area contributed by atoms with E-state index in [9.17, 15) is 0 Å². The first kappa shape index (κ1) is 5.58. The molecule has 4 heteroatoms. The second-order valence-electron chi connectivity index (χ2n) is 2.14. The van der Waals surface area contributed by atoms with E-state index in [2.05, 4.69) is 10.3 Å². The quantitative estimate of drug-likeness (QED) is 0.578. The van der Waals surface area contributed by atoms with Gasteiger partial charge in [-0.05, 0) is 0 Å². The number of anilines is 1. The van der Waals surface area contributed by atoms with Crippen LogP contribution in [0.4, 0.5) is 5.88 Å². The largest absolute Gasteiger partial charge is 0.472 e. The molecule has 1 N–H and O–H groups in total. The zero-order valence-corrected chi connectivity index (χ0v) is 5.68. The fourth-order valence-electron chi connectivity index (χ4n) is 0.930. The van der Waals surface area contributed by atoms with Crippen LogP contribution < -0.4 is 10.1 Å². The predicted octanol–water partition coefficient (Wildman–Crippen LogP) is 0.787. The lowest BCUT2D eigenvalue weighted by Gasteiger charge is -2.10. The van der Waals surface area contributed by atoms with Gasteiger partial charge < -0.3 is 14.5 Å². The van der Waals surface area contributed by atoms with E-state index in [1.807, 2.05) is 0 Å². The van der Waals surface area contributed by atoms with Crippen molar-refractivity contribution in [2.45, 2.75) is 6.92 Å². The third kappa shape index (κ3) is 0.725. The van der Waals surface area contributed by atoms with Crippen LogP contribution >= 0.6 is 0 Å². The number of nitrogens with one attached hydrogen (secondary N) is 1. The van der Waals surface area contributed by atoms with E-state index in [-0.39, 0.29) is 0 Å². The molecule has 2 heterocycles. The highest BCUT2D eigenvalue weighted by molar-refractivity contribution is 5.44. The lowest BCUT2D eigenvalue weighted by molar-refractivity contribution is 0.307. The topological polar surface area (TPSA) is 47.3 Å². The van der Waals surface area contributed by atoms with E-state index in [1.165, 1.54) is 0 Å². The molecular formula is C6H8N2O2. The smallest absolute Gasteiger partial charge is 0.279 e. The third-order valence-corrected chi connectivity index (χ3v) is 1.33. The van der Waals surface area contributed by atoms with E-state index in [0.29, 0.717) is 24.3 Å². The minimum atomic E-state index is 0.587. The summed E-state index contributed by atoms with van der Waals surface area (Å²) in [7, 11) is 0. The summed E-state index contributed by atoms with van der Waals surface area (Å²) in [5, 5.41) is 3.03. The average molecular weight is 140 g/mol. The van der Waals surface area contributed by atoms with E-state index in [1.54, 1.807) is 6.92 Å². The van der Waals surface area contributed by atoms with Crippen LogP contribution in [0.2, 0.25) is 0 Å². The first-order valence-corrected chi connectivity index (χ1v) is 3.20. The van der Waals surface area contributed by atoms with Gasteiger partial charge in [-0.25, -0.2) is 0 Å². The summed E-state index contributed by atoms with van der Waals surface area (Å²) in [6, 6.07) is 0. The number of fused-ring (bicyclic) bond motifs is 1. The second-order valence-corrected chi connectivity index (χ2v) is 2.14. The normalized spacial score (nSPS) is 15.3. The summed E-state index contributed by atoms with van der Waals surface area (Å²) in [5.74, 6) is 1.88. The lowest BCUT2D eigenvalue weighted by Crippen LogP contribution is -2.16. The summed E-state index contributed by atoms with van der Waals surface area (Å²) in [5.41, 5.74) is 0. The molecule has 0 amide bonds. The van der Waals surface area contributed by atoms with Crippen LogP contribution in [0, 0.1) is 6.92 Å². The van der Waals surface area contributed by atoms with E-state index < -0.39 is 0 Å². The van der Waals surface area contributed by atoms with Gasteiger partial charge in [-0.15, -0.1) is 0 Å². The minimum absolute atomic E-state index is 0.587. The van der Waals surface area contributed by atoms with Crippen LogP contribution in [-0.2, 0) is 0 Å². The van der Waals surface area contributed by atoms with Gasteiger partial charge in [0.25, 0.3) is 11.8 Å². The minimum Gasteiger partial charge on any atom is -0.472 e. The highest BCUT2D eigenvalue weighted by Gasteiger charge is 2.15. The molecule has 0 bridgehead atoms. The molecule has 0 saturated carbocycles. The predicted molar refractivity (Wildman–Crippen MR) is 35.2 cm³/mol. The standard InChI is InChI=1S/C6H8N2O2/c1-4-8-6-5(10-4)7-2-3-9-6/h7H,2-3H2,1H3. The van der Waals surface area contributed by atoms with Gasteiger partial charge in [0.2, 0.25) is 0 Å². The van der Waals surface area contributed by atoms with Crippen molar-refractivity contribution in [3.63, 3.8) is 0 Å². The van der Waals surface area contributed by atoms with Crippen molar-refractivity contribution >= 4 is 5.88 Å². The molecule has 2 rings (SSSR count). The molecule has 0 aliphatic carbocycles. The van der Waals surface area contributed by atoms with Crippen LogP contribution in [0.1, 0.15) is 5.89 Å². The number of oxazole rings is 1. The Morgan fingerprint density at radius 1 is 1.60 bits per heavy atom. The van der Waals surface area contributed by atoms with Crippen molar-refractivity contribution in [1.82, 2.24) is 4.98 Å². The maximum absolute atomic E-state index is 5.18. The maximum atomic E-state index is 5.18. The third-order valence-electron chi connectivity index (χ3n) is 1.33. The van der Waals surface area contributed by atoms with E-state index in [4.69, 9.17) is 9.15 Å². The summed E-state index contributed by atoms with van der Waals surface area (Å²) < 4.78 is 10.3. The fourth-order valence-corrected chi connectivity index (χ4v) is 0.930. The van der Waals surface area contributed by atoms with Crippen molar-refractivity contribution < 1.29 is 9.15 Å². The zero-order chi connectivity index (χ0) is 6.97. The number of aromatic nitrogens is 1. The highest BCUT2D eigenvalue weighted by Crippen LogP contribution is 2.26. The molecule has 0 atom stereocenters. The van der Waals surface area contributed by atoms with Crippen molar-refractivity contribution in [3.8, 4) is 5.88 Å². The van der Waals surface area contributed by atoms with Crippen LogP contribution in [0.5, 0.6) is 5.88 Å². The fraction of sp³-hybridized carbons (Fsp3) is 0.500. The van der Waals surface area contributed by atoms with Gasteiger partial charge >= 0.3 is 0 Å². The molecule has 10 heavy (non-hydrogen) atoms. The monoisotopic (exact) mass is 140 g/mol. The maximum Gasteiger partial charge on any atom is 0.279 e. The first-order chi connectivity index (χ1) is 4.86. The Bertz CT molecular complexity index is 220. The molecule has 0 aromatic carbocycles. The van der Waals surface area contributed by atoms with Crippen molar-refractivity contribution in [3.05, 3.63) is 5.89 Å². The van der Waals surface area contributed by atoms with E-state index in [0.717, 1.165) is 6.54 Å². The number of rotatable bonds is 0. The molecule has 1 aromatic heterocycles. The van der Waals surface area contributed by atoms with Crippen molar-refractivity contribution in [2.75, 3.05) is 18.5 Å². The van der Waals surface area contributed by atoms with Crippen LogP contribution in [0.15, 0.2) is 4.42 Å². The first-order valence-electron chi connectivity index (χ1n) is 3.20. The molecule has 0 fully saturated rings. The number of hydrogen-bond acceptors (Lipinski definition) is 4. The summed E-state index contributed by atoms with van der Waals surface area (Å²) in [4.78, 5) is 4.00. The Morgan fingerprint density at radius 2 is 2.50 bits per heavy atom. The SMILES string of the molecule is Cc1nc2c(o1)NCCO2. The summed E-state index contributed by atoms with van der Waals surface area (Å²) >= 11 is 0. The van der Waals surface area contributed by atoms with Crippen LogP contribution in [-0.4, -0.2) is 18.1 Å². The van der Waals surface area contributed by atoms with Gasteiger partial charge in [0.05, 0.1) is 6.54 Å². The Balaban J connectivity index is 2.41. The molecule has 1 aliphatic rings. The number of hydrogen-bond donors (Lipinski definition) is 1. The molecule has 0 spiro atoms. The van der Waals surface area contributed by atoms with E-state index >= 15 is 0 Å². The zero-order valence-electron chi connectivity index (χ0n) is 5.68. The van der Waals surface area contributed by atoms with Gasteiger partial charge in [0.15, 0.2) is 5.89 Å². The molecule has 1 aliphatic heterocycles. The molecule has 0 saturated heterocycles. The Hall–Kier alpha value is -1.19. The summed E-state index contributed by atoms with van der Waals surface area (Å²) in [6.45, 7) is 3.25. The van der Waals surface area contributed by atoms with Crippen molar-refractivity contribution in [1.29, 1.82) is 0 Å². The second kappa shape index (κ2) is 1.90. The Labute approximate surface area is 58.2 Å². The van der Waals surface area contributed by atoms with Gasteiger partial charge in [-0.1, -0.05) is 0 Å². The van der Waals surface area contributed by atoms with Crippen molar-refractivity contribution in [2.24, 2.45) is 0 Å². The molecule has 1 aromatic rings. The molecule has 54 valence electrons. The molecule has 0 radical (unpaired) electrons. The van der Waals surface area contributed by atoms with Gasteiger partial charge in [0, 0.05) is 6.92 Å². The highest BCUT2D eigenvalue weighted by atomic mass is 16.5.